The molecule has 1 saturated heterocycles. The number of hydrogen-bond donors (Lipinski definition) is 1. The number of carbonyl (C=O) groups is 1. The van der Waals surface area contributed by atoms with E-state index in [0.29, 0.717) is 0 Å². The topological polar surface area (TPSA) is 61.5 Å². The summed E-state index contributed by atoms with van der Waals surface area (Å²) in [4.78, 5) is 10.5. The Morgan fingerprint density at radius 3 is 2.18 bits per heavy atom. The normalized spacial score (nSPS) is 40.5. The summed E-state index contributed by atoms with van der Waals surface area (Å²) in [5, 5.41) is 0. The summed E-state index contributed by atoms with van der Waals surface area (Å²) in [5.74, 6) is 0. The molecule has 0 aromatic carbocycles. The molecule has 1 aliphatic carbocycles. The number of halogens is 1. The maximum absolute atomic E-state index is 10.5. The van der Waals surface area contributed by atoms with E-state index >= 15 is 0 Å². The van der Waals surface area contributed by atoms with Gasteiger partial charge in [0.25, 0.3) is 0 Å². The third-order valence-electron chi connectivity index (χ3n) is 1.98. The van der Waals surface area contributed by atoms with Crippen LogP contribution in [0.25, 0.3) is 0 Å². The number of ether oxygens (including phenoxy) is 2. The van der Waals surface area contributed by atoms with Crippen molar-refractivity contribution in [3.8, 4) is 0 Å². The zero-order valence-electron chi connectivity index (χ0n) is 5.86. The Kier molecular flexibility index (Phi) is 2.25. The summed E-state index contributed by atoms with van der Waals surface area (Å²) in [6.45, 7) is 0. The number of nitrogens with two attached hydrogens (primary N) is 1. The fourth-order valence-electron chi connectivity index (χ4n) is 1.52. The summed E-state index contributed by atoms with van der Waals surface area (Å²) in [6, 6.07) is 0.142. The largest absolute Gasteiger partial charge is 0.509 e. The van der Waals surface area contributed by atoms with E-state index in [0.717, 1.165) is 12.8 Å². The minimum atomic E-state index is -0.540. The van der Waals surface area contributed by atoms with Gasteiger partial charge in [0.1, 0.15) is 12.2 Å². The molecular weight excluding hydrogens is 170 g/mol. The second-order valence-corrected chi connectivity index (χ2v) is 2.79. The number of rotatable bonds is 0. The molecule has 0 spiro atoms. The Morgan fingerprint density at radius 2 is 1.73 bits per heavy atom. The zero-order valence-corrected chi connectivity index (χ0v) is 6.67. The average molecular weight is 180 g/mol. The van der Waals surface area contributed by atoms with Gasteiger partial charge in [-0.15, -0.1) is 12.4 Å². The van der Waals surface area contributed by atoms with Crippen LogP contribution in [0.1, 0.15) is 12.8 Å². The quantitative estimate of drug-likeness (QED) is 0.548. The first kappa shape index (κ1) is 8.62. The van der Waals surface area contributed by atoms with Crippen LogP contribution in [0.15, 0.2) is 0 Å². The molecule has 0 aromatic rings. The van der Waals surface area contributed by atoms with Gasteiger partial charge < -0.3 is 15.2 Å². The minimum Gasteiger partial charge on any atom is -0.427 e. The van der Waals surface area contributed by atoms with Crippen LogP contribution in [0, 0.1) is 0 Å². The molecule has 2 N–H and O–H groups in total. The fourth-order valence-corrected chi connectivity index (χ4v) is 1.52. The monoisotopic (exact) mass is 179 g/mol. The van der Waals surface area contributed by atoms with Crippen molar-refractivity contribution in [2.45, 2.75) is 31.1 Å². The highest BCUT2D eigenvalue weighted by Gasteiger charge is 2.43. The molecule has 0 bridgehead atoms. The molecule has 5 heteroatoms. The molecule has 1 unspecified atom stereocenters. The Labute approximate surface area is 70.4 Å². The van der Waals surface area contributed by atoms with Crippen LogP contribution < -0.4 is 5.73 Å². The van der Waals surface area contributed by atoms with Crippen molar-refractivity contribution in [2.75, 3.05) is 0 Å². The van der Waals surface area contributed by atoms with Gasteiger partial charge in [-0.1, -0.05) is 0 Å². The number of fused-ring (bicyclic) bond motifs is 1. The van der Waals surface area contributed by atoms with E-state index in [9.17, 15) is 4.79 Å². The Morgan fingerprint density at radius 1 is 1.27 bits per heavy atom. The van der Waals surface area contributed by atoms with Crippen molar-refractivity contribution < 1.29 is 14.3 Å². The van der Waals surface area contributed by atoms with Crippen molar-refractivity contribution in [2.24, 2.45) is 5.73 Å². The van der Waals surface area contributed by atoms with E-state index in [1.807, 2.05) is 0 Å². The van der Waals surface area contributed by atoms with E-state index < -0.39 is 6.16 Å². The molecule has 2 rings (SSSR count). The van der Waals surface area contributed by atoms with E-state index in [1.165, 1.54) is 0 Å². The highest BCUT2D eigenvalue weighted by molar-refractivity contribution is 5.85. The lowest BCUT2D eigenvalue weighted by molar-refractivity contribution is 0.108. The SMILES string of the molecule is Cl.NC1C[C@@H]2OC(=O)O[C@@H]2C1. The molecule has 0 radical (unpaired) electrons. The summed E-state index contributed by atoms with van der Waals surface area (Å²) < 4.78 is 9.63. The molecule has 64 valence electrons. The first-order chi connectivity index (χ1) is 4.75. The summed E-state index contributed by atoms with van der Waals surface area (Å²) >= 11 is 0. The summed E-state index contributed by atoms with van der Waals surface area (Å²) in [7, 11) is 0. The summed E-state index contributed by atoms with van der Waals surface area (Å²) in [5.41, 5.74) is 5.60. The average Bonchev–Trinajstić information content (AvgIpc) is 2.21. The second-order valence-electron chi connectivity index (χ2n) is 2.79. The van der Waals surface area contributed by atoms with Crippen LogP contribution in [0.3, 0.4) is 0 Å². The third-order valence-corrected chi connectivity index (χ3v) is 1.98. The lowest BCUT2D eigenvalue weighted by Gasteiger charge is -2.00. The Balaban J connectivity index is 0.000000605. The van der Waals surface area contributed by atoms with Crippen LogP contribution in [0.5, 0.6) is 0 Å². The molecule has 2 fully saturated rings. The van der Waals surface area contributed by atoms with Crippen LogP contribution in [-0.2, 0) is 9.47 Å². The molecule has 0 amide bonds. The third kappa shape index (κ3) is 1.41. The van der Waals surface area contributed by atoms with E-state index in [1.54, 1.807) is 0 Å². The Bertz CT molecular complexity index is 159. The Hall–Kier alpha value is -0.480. The van der Waals surface area contributed by atoms with E-state index in [4.69, 9.17) is 15.2 Å². The second kappa shape index (κ2) is 2.87. The van der Waals surface area contributed by atoms with Crippen LogP contribution in [0.2, 0.25) is 0 Å². The molecule has 11 heavy (non-hydrogen) atoms. The van der Waals surface area contributed by atoms with Gasteiger partial charge in [-0.3, -0.25) is 0 Å². The molecule has 3 atom stereocenters. The molecule has 1 aliphatic heterocycles. The maximum atomic E-state index is 10.5. The van der Waals surface area contributed by atoms with Crippen LogP contribution >= 0.6 is 12.4 Å². The van der Waals surface area contributed by atoms with Gasteiger partial charge in [-0.25, -0.2) is 4.79 Å². The fraction of sp³-hybridized carbons (Fsp3) is 0.833. The van der Waals surface area contributed by atoms with Crippen molar-refractivity contribution in [1.82, 2.24) is 0 Å². The van der Waals surface area contributed by atoms with Crippen LogP contribution in [-0.4, -0.2) is 24.4 Å². The highest BCUT2D eigenvalue weighted by Crippen LogP contribution is 2.29. The standard InChI is InChI=1S/C6H9NO3.ClH/c7-3-1-4-5(2-3)10-6(8)9-4;/h3-5H,1-2,7H2;1H/t3?,4-,5+;. The first-order valence-electron chi connectivity index (χ1n) is 3.38. The van der Waals surface area contributed by atoms with Gasteiger partial charge in [0, 0.05) is 18.9 Å². The van der Waals surface area contributed by atoms with Gasteiger partial charge in [0.2, 0.25) is 0 Å². The predicted molar refractivity (Wildman–Crippen MR) is 39.6 cm³/mol. The van der Waals surface area contributed by atoms with Crippen molar-refractivity contribution in [1.29, 1.82) is 0 Å². The van der Waals surface area contributed by atoms with Crippen molar-refractivity contribution in [3.63, 3.8) is 0 Å². The predicted octanol–water partition coefficient (Wildman–Crippen LogP) is 0.433. The first-order valence-corrected chi connectivity index (χ1v) is 3.38. The van der Waals surface area contributed by atoms with Crippen molar-refractivity contribution in [3.05, 3.63) is 0 Å². The smallest absolute Gasteiger partial charge is 0.427 e. The maximum Gasteiger partial charge on any atom is 0.509 e. The molecule has 1 heterocycles. The molecular formula is C6H10ClNO3. The van der Waals surface area contributed by atoms with Gasteiger partial charge in [0.15, 0.2) is 0 Å². The molecule has 1 saturated carbocycles. The zero-order chi connectivity index (χ0) is 7.14. The van der Waals surface area contributed by atoms with E-state index in [2.05, 4.69) is 0 Å². The molecule has 4 nitrogen and oxygen atoms in total. The molecule has 2 aliphatic rings. The lowest BCUT2D eigenvalue weighted by atomic mass is 10.3. The number of hydrogen-bond acceptors (Lipinski definition) is 4. The number of carbonyl (C=O) groups excluding carboxylic acids is 1. The van der Waals surface area contributed by atoms with Gasteiger partial charge in [0.05, 0.1) is 0 Å². The lowest BCUT2D eigenvalue weighted by Crippen LogP contribution is -2.18. The van der Waals surface area contributed by atoms with Crippen LogP contribution in [0.4, 0.5) is 4.79 Å². The van der Waals surface area contributed by atoms with Gasteiger partial charge >= 0.3 is 6.16 Å². The highest BCUT2D eigenvalue weighted by atomic mass is 35.5. The van der Waals surface area contributed by atoms with Gasteiger partial charge in [-0.05, 0) is 0 Å². The van der Waals surface area contributed by atoms with Gasteiger partial charge in [-0.2, -0.15) is 0 Å². The molecule has 0 aromatic heterocycles. The minimum absolute atomic E-state index is 0. The van der Waals surface area contributed by atoms with E-state index in [-0.39, 0.29) is 30.7 Å². The van der Waals surface area contributed by atoms with Crippen molar-refractivity contribution >= 4 is 18.6 Å². The summed E-state index contributed by atoms with van der Waals surface area (Å²) in [6.07, 6.45) is 0.819.